The van der Waals surface area contributed by atoms with E-state index < -0.39 is 33.4 Å². The number of carbonyl (C=O) groups excluding carboxylic acids is 2. The second-order valence-electron chi connectivity index (χ2n) is 10.6. The van der Waals surface area contributed by atoms with Crippen LogP contribution < -0.4 is 16.8 Å². The fourth-order valence-corrected chi connectivity index (χ4v) is 6.37. The molecule has 2 aromatic rings. The normalized spacial score (nSPS) is 20.3. The fraction of sp³-hybridized carbons (Fsp3) is 0.433. The molecule has 2 heterocycles. The van der Waals surface area contributed by atoms with Crippen LogP contribution in [-0.4, -0.2) is 69.2 Å². The minimum atomic E-state index is -4.07. The molecule has 0 saturated carbocycles. The number of benzene rings is 2. The van der Waals surface area contributed by atoms with Gasteiger partial charge >= 0.3 is 5.97 Å². The summed E-state index contributed by atoms with van der Waals surface area (Å²) in [6.07, 6.45) is 5.32. The van der Waals surface area contributed by atoms with Crippen molar-refractivity contribution in [1.82, 2.24) is 10.2 Å². The molecular weight excluding hydrogens is 542 g/mol. The third-order valence-corrected chi connectivity index (χ3v) is 8.96. The van der Waals surface area contributed by atoms with Crippen LogP contribution in [0.5, 0.6) is 0 Å². The lowest BCUT2D eigenvalue weighted by Gasteiger charge is -2.34. The van der Waals surface area contributed by atoms with E-state index in [1.54, 1.807) is 31.2 Å². The van der Waals surface area contributed by atoms with Crippen molar-refractivity contribution in [1.29, 1.82) is 0 Å². The van der Waals surface area contributed by atoms with Crippen molar-refractivity contribution in [2.45, 2.75) is 62.6 Å². The van der Waals surface area contributed by atoms with Gasteiger partial charge < -0.3 is 21.1 Å². The number of sulfonamides is 1. The van der Waals surface area contributed by atoms with E-state index in [9.17, 15) is 18.0 Å². The number of amidine groups is 1. The number of nitrogens with two attached hydrogens (primary N) is 2. The summed E-state index contributed by atoms with van der Waals surface area (Å²) in [5.74, 6) is -1.26. The summed E-state index contributed by atoms with van der Waals surface area (Å²) in [7, 11) is -2.07. The largest absolute Gasteiger partial charge is 0.464 e. The molecule has 0 aliphatic carbocycles. The lowest BCUT2D eigenvalue weighted by Crippen LogP contribution is -2.64. The quantitative estimate of drug-likeness (QED) is 0.125. The van der Waals surface area contributed by atoms with Crippen LogP contribution in [0.1, 0.15) is 48.1 Å². The molecule has 0 saturated heterocycles. The Balaban J connectivity index is 1.60. The van der Waals surface area contributed by atoms with Crippen molar-refractivity contribution in [3.05, 3.63) is 76.4 Å². The zero-order valence-electron chi connectivity index (χ0n) is 23.9. The maximum absolute atomic E-state index is 13.5. The Morgan fingerprint density at radius 2 is 1.93 bits per heavy atom. The predicted molar refractivity (Wildman–Crippen MR) is 158 cm³/mol. The number of carbonyl (C=O) groups is 2. The number of Topliss-reactive ketones (excluding diaryl/α,β-unsaturated/α-hetero) is 1. The maximum Gasteiger partial charge on any atom is 0.334 e. The van der Waals surface area contributed by atoms with E-state index in [1.165, 1.54) is 0 Å². The van der Waals surface area contributed by atoms with Gasteiger partial charge in [-0.15, -0.1) is 4.40 Å². The lowest BCUT2D eigenvalue weighted by atomic mass is 9.82. The molecule has 10 nitrogen and oxygen atoms in total. The second kappa shape index (κ2) is 12.6. The molecule has 2 aliphatic rings. The van der Waals surface area contributed by atoms with Gasteiger partial charge in [-0.3, -0.25) is 10.1 Å². The highest BCUT2D eigenvalue weighted by atomic mass is 32.2. The number of ketones is 1. The van der Waals surface area contributed by atoms with Crippen molar-refractivity contribution >= 4 is 27.6 Å². The number of likely N-dealkylation sites (N-methyl/N-ethyl adjacent to an activating group) is 1. The van der Waals surface area contributed by atoms with E-state index in [1.807, 2.05) is 38.2 Å². The van der Waals surface area contributed by atoms with Crippen LogP contribution in [0.2, 0.25) is 0 Å². The Kier molecular flexibility index (Phi) is 9.43. The zero-order valence-corrected chi connectivity index (χ0v) is 24.7. The van der Waals surface area contributed by atoms with Gasteiger partial charge in [-0.25, -0.2) is 4.79 Å². The molecule has 0 unspecified atom stereocenters. The third-order valence-electron chi connectivity index (χ3n) is 7.68. The Bertz CT molecular complexity index is 1490. The Morgan fingerprint density at radius 1 is 1.15 bits per heavy atom. The summed E-state index contributed by atoms with van der Waals surface area (Å²) in [4.78, 5) is 28.5. The van der Waals surface area contributed by atoms with E-state index >= 15 is 0 Å². The molecule has 11 heteroatoms. The summed E-state index contributed by atoms with van der Waals surface area (Å²) in [5.41, 5.74) is 15.2. The number of nitrogens with one attached hydrogen (secondary N) is 1. The highest BCUT2D eigenvalue weighted by molar-refractivity contribution is 7.90. The zero-order chi connectivity index (χ0) is 29.8. The molecule has 0 spiro atoms. The van der Waals surface area contributed by atoms with Crippen LogP contribution in [0.15, 0.2) is 57.8 Å². The van der Waals surface area contributed by atoms with Gasteiger partial charge in [0.1, 0.15) is 5.84 Å². The predicted octanol–water partition coefficient (Wildman–Crippen LogP) is 1.62. The summed E-state index contributed by atoms with van der Waals surface area (Å²) in [6.45, 7) is 5.69. The Labute approximate surface area is 241 Å². The Morgan fingerprint density at radius 3 is 2.61 bits per heavy atom. The average Bonchev–Trinajstić information content (AvgIpc) is 2.96. The molecule has 2 aliphatic heterocycles. The minimum Gasteiger partial charge on any atom is -0.464 e. The standard InChI is InChI=1S/C30H39N5O5S/c1-4-21-9-8-20(17-26(31)27(36)30(29(37)40-5-2)13-6-7-14-33-30)16-25(21)28(32)34-41(38,39)24-11-10-22-12-15-35(3)19-23(22)18-24/h6-11,16,18,26,33H,4-5,12-15,17,19,31H2,1-3H3,(H2,32,34)/t26-,30+/m1/s1. The number of rotatable bonds is 10. The van der Waals surface area contributed by atoms with E-state index in [-0.39, 0.29) is 30.2 Å². The van der Waals surface area contributed by atoms with Crippen molar-refractivity contribution in [3.63, 3.8) is 0 Å². The van der Waals surface area contributed by atoms with Gasteiger partial charge in [-0.1, -0.05) is 37.3 Å². The molecule has 0 bridgehead atoms. The molecule has 2 atom stereocenters. The van der Waals surface area contributed by atoms with Gasteiger partial charge in [0.2, 0.25) is 0 Å². The molecule has 0 amide bonds. The van der Waals surface area contributed by atoms with E-state index in [2.05, 4.69) is 14.6 Å². The third kappa shape index (κ3) is 6.59. The summed E-state index contributed by atoms with van der Waals surface area (Å²) in [5, 5.41) is 2.99. The Hall–Kier alpha value is -3.38. The number of esters is 1. The van der Waals surface area contributed by atoms with Crippen LogP contribution in [0.4, 0.5) is 0 Å². The van der Waals surface area contributed by atoms with Gasteiger partial charge in [-0.2, -0.15) is 8.42 Å². The molecule has 0 fully saturated rings. The molecule has 0 radical (unpaired) electrons. The van der Waals surface area contributed by atoms with Gasteiger partial charge in [-0.05, 0) is 73.7 Å². The van der Waals surface area contributed by atoms with Crippen LogP contribution in [-0.2, 0) is 50.2 Å². The maximum atomic E-state index is 13.5. The first-order chi connectivity index (χ1) is 19.5. The molecule has 2 aromatic carbocycles. The van der Waals surface area contributed by atoms with Crippen molar-refractivity contribution in [2.75, 3.05) is 26.7 Å². The van der Waals surface area contributed by atoms with Crippen LogP contribution >= 0.6 is 0 Å². The summed E-state index contributed by atoms with van der Waals surface area (Å²) < 4.78 is 35.7. The van der Waals surface area contributed by atoms with Gasteiger partial charge in [0.05, 0.1) is 17.5 Å². The highest BCUT2D eigenvalue weighted by Gasteiger charge is 2.48. The van der Waals surface area contributed by atoms with E-state index in [4.69, 9.17) is 16.2 Å². The van der Waals surface area contributed by atoms with Gasteiger partial charge in [0.25, 0.3) is 10.0 Å². The van der Waals surface area contributed by atoms with Gasteiger partial charge in [0, 0.05) is 31.6 Å². The number of hydrogen-bond acceptors (Lipinski definition) is 8. The first-order valence-corrected chi connectivity index (χ1v) is 15.3. The number of fused-ring (bicyclic) bond motifs is 1. The molecule has 0 aromatic heterocycles. The first kappa shape index (κ1) is 30.6. The van der Waals surface area contributed by atoms with Gasteiger partial charge in [0.15, 0.2) is 11.3 Å². The van der Waals surface area contributed by atoms with E-state index in [0.717, 1.165) is 29.7 Å². The highest BCUT2D eigenvalue weighted by Crippen LogP contribution is 2.25. The SMILES string of the molecule is CCOC(=O)[C@@]1(C(=O)[C@H](N)Cc2ccc(CC)c(C(N)=NS(=O)(=O)c3ccc4c(c3)CN(C)CC4)c2)CC=CCN1. The number of aryl methyl sites for hydroxylation is 1. The topological polar surface area (TPSA) is 157 Å². The molecule has 4 rings (SSSR count). The number of hydrogen-bond donors (Lipinski definition) is 3. The molecule has 41 heavy (non-hydrogen) atoms. The average molecular weight is 582 g/mol. The number of ether oxygens (including phenoxy) is 1. The number of nitrogens with zero attached hydrogens (tertiary/aromatic N) is 2. The lowest BCUT2D eigenvalue weighted by molar-refractivity contribution is -0.155. The molecule has 220 valence electrons. The summed E-state index contributed by atoms with van der Waals surface area (Å²) in [6, 6.07) is 9.44. The van der Waals surface area contributed by atoms with Crippen LogP contribution in [0, 0.1) is 0 Å². The van der Waals surface area contributed by atoms with Crippen molar-refractivity contribution < 1.29 is 22.7 Å². The molecule has 5 N–H and O–H groups in total. The van der Waals surface area contributed by atoms with Crippen molar-refractivity contribution in [2.24, 2.45) is 15.9 Å². The van der Waals surface area contributed by atoms with Crippen molar-refractivity contribution in [3.8, 4) is 0 Å². The smallest absolute Gasteiger partial charge is 0.334 e. The van der Waals surface area contributed by atoms with Crippen LogP contribution in [0.25, 0.3) is 0 Å². The fourth-order valence-electron chi connectivity index (χ4n) is 5.37. The minimum absolute atomic E-state index is 0.0922. The molecular formula is C30H39N5O5S. The first-order valence-electron chi connectivity index (χ1n) is 13.9. The monoisotopic (exact) mass is 581 g/mol. The summed E-state index contributed by atoms with van der Waals surface area (Å²) >= 11 is 0. The van der Waals surface area contributed by atoms with Crippen LogP contribution in [0.3, 0.4) is 0 Å². The second-order valence-corrected chi connectivity index (χ2v) is 12.2. The van der Waals surface area contributed by atoms with E-state index in [0.29, 0.717) is 30.6 Å².